The fraction of sp³-hybridized carbons (Fsp3) is 0.583. The molecule has 1 fully saturated rings. The number of carbonyl (C=O) groups excluding carboxylic acids is 1. The van der Waals surface area contributed by atoms with Crippen LogP contribution in [0, 0.1) is 12.3 Å². The molecule has 1 saturated heterocycles. The van der Waals surface area contributed by atoms with E-state index in [1.165, 1.54) is 6.92 Å². The zero-order valence-corrected chi connectivity index (χ0v) is 11.0. The van der Waals surface area contributed by atoms with Gasteiger partial charge in [0.05, 0.1) is 6.10 Å². The van der Waals surface area contributed by atoms with Crippen molar-refractivity contribution in [1.29, 1.82) is 0 Å². The molecule has 116 valence electrons. The summed E-state index contributed by atoms with van der Waals surface area (Å²) in [5.41, 5.74) is 2.46. The Labute approximate surface area is 119 Å². The number of nitrogens with two attached hydrogens (primary N) is 1. The van der Waals surface area contributed by atoms with Crippen LogP contribution in [0.4, 0.5) is 13.6 Å². The normalized spacial score (nSPS) is 41.3. The van der Waals surface area contributed by atoms with E-state index < -0.39 is 48.2 Å². The number of terminal acetylenes is 1. The van der Waals surface area contributed by atoms with Gasteiger partial charge in [-0.1, -0.05) is 5.92 Å². The van der Waals surface area contributed by atoms with Gasteiger partial charge >= 0.3 is 6.03 Å². The molecule has 2 aliphatic rings. The fourth-order valence-corrected chi connectivity index (χ4v) is 2.23. The number of ether oxygens (including phenoxy) is 1. The van der Waals surface area contributed by atoms with Gasteiger partial charge in [0.1, 0.15) is 18.4 Å². The molecule has 0 spiro atoms. The molecule has 2 unspecified atom stereocenters. The van der Waals surface area contributed by atoms with Crippen molar-refractivity contribution in [2.75, 3.05) is 0 Å². The van der Waals surface area contributed by atoms with Gasteiger partial charge in [-0.15, -0.1) is 6.42 Å². The molecule has 2 aliphatic heterocycles. The maximum Gasteiger partial charge on any atom is 0.325 e. The zero-order valence-electron chi connectivity index (χ0n) is 11.0. The van der Waals surface area contributed by atoms with E-state index in [0.717, 1.165) is 0 Å². The topological polar surface area (TPSA) is 108 Å². The van der Waals surface area contributed by atoms with Crippen LogP contribution >= 0.6 is 0 Å². The molecule has 0 aliphatic carbocycles. The second-order valence-electron chi connectivity index (χ2n) is 4.90. The van der Waals surface area contributed by atoms with Crippen LogP contribution in [0.25, 0.3) is 0 Å². The van der Waals surface area contributed by atoms with Crippen LogP contribution in [0.3, 0.4) is 0 Å². The first-order chi connectivity index (χ1) is 9.72. The molecule has 2 rings (SSSR count). The number of aliphatic hydroxyl groups is 2. The molecule has 0 aromatic carbocycles. The molecule has 2 amide bonds. The molecule has 5 N–H and O–H groups in total. The lowest BCUT2D eigenvalue weighted by molar-refractivity contribution is -0.0879. The molecule has 0 bridgehead atoms. The summed E-state index contributed by atoms with van der Waals surface area (Å²) in [6.45, 7) is 1.26. The summed E-state index contributed by atoms with van der Waals surface area (Å²) in [7, 11) is 0. The summed E-state index contributed by atoms with van der Waals surface area (Å²) in [5.74, 6) is 0.774. The molecular weight excluding hydrogens is 288 g/mol. The monoisotopic (exact) mass is 303 g/mol. The van der Waals surface area contributed by atoms with Crippen molar-refractivity contribution < 1.29 is 28.5 Å². The second kappa shape index (κ2) is 5.23. The Kier molecular flexibility index (Phi) is 3.90. The molecule has 0 aromatic rings. The van der Waals surface area contributed by atoms with E-state index in [2.05, 4.69) is 0 Å². The highest BCUT2D eigenvalue weighted by atomic mass is 19.1. The van der Waals surface area contributed by atoms with Crippen LogP contribution in [0.2, 0.25) is 0 Å². The van der Waals surface area contributed by atoms with Crippen LogP contribution in [-0.4, -0.2) is 57.5 Å². The summed E-state index contributed by atoms with van der Waals surface area (Å²) in [6.07, 6.45) is -1.92. The number of hydrogen-bond donors (Lipinski definition) is 4. The lowest BCUT2D eigenvalue weighted by atomic mass is 9.94. The van der Waals surface area contributed by atoms with E-state index in [-0.39, 0.29) is 0 Å². The number of rotatable bonds is 2. The lowest BCUT2D eigenvalue weighted by Gasteiger charge is -2.34. The second-order valence-corrected chi connectivity index (χ2v) is 4.90. The highest BCUT2D eigenvalue weighted by Gasteiger charge is 2.61. The van der Waals surface area contributed by atoms with Gasteiger partial charge in [-0.2, -0.15) is 0 Å². The average Bonchev–Trinajstić information content (AvgIpc) is 2.68. The lowest BCUT2D eigenvalue weighted by Crippen LogP contribution is -2.59. The van der Waals surface area contributed by atoms with Crippen molar-refractivity contribution in [2.45, 2.75) is 43.3 Å². The quantitative estimate of drug-likeness (QED) is 0.485. The van der Waals surface area contributed by atoms with Gasteiger partial charge in [0, 0.05) is 6.20 Å². The molecule has 7 nitrogen and oxygen atoms in total. The summed E-state index contributed by atoms with van der Waals surface area (Å²) in [4.78, 5) is 12.3. The van der Waals surface area contributed by atoms with E-state index in [4.69, 9.17) is 16.9 Å². The number of nitrogens with zero attached hydrogens (tertiary/aromatic N) is 1. The van der Waals surface area contributed by atoms with E-state index in [1.54, 1.807) is 5.92 Å². The van der Waals surface area contributed by atoms with Gasteiger partial charge in [0.2, 0.25) is 5.67 Å². The standard InChI is InChI=1S/C12H15F2N3O4/c1-3-12(14)8(19)7(5(2)18)21-10(12)17-4-6(13)9(15)16-11(17)20/h1,4-5,7-10,18-19H,15H2,2H3,(H,16,20)/t5-,7+,8-,9?,10+,12?/m0/s1. The highest BCUT2D eigenvalue weighted by Crippen LogP contribution is 2.38. The number of amides is 2. The van der Waals surface area contributed by atoms with E-state index in [1.807, 2.05) is 5.32 Å². The van der Waals surface area contributed by atoms with Gasteiger partial charge in [-0.25, -0.2) is 13.6 Å². The SMILES string of the molecule is C#CC1(F)[C@@H](O)[C@@H]([C@H](C)O)O[C@H]1N1C=C(F)C(N)NC1=O. The number of hydrogen-bond acceptors (Lipinski definition) is 5. The van der Waals surface area contributed by atoms with Crippen molar-refractivity contribution >= 4 is 6.03 Å². The Morgan fingerprint density at radius 3 is 2.86 bits per heavy atom. The molecule has 0 radical (unpaired) electrons. The average molecular weight is 303 g/mol. The van der Waals surface area contributed by atoms with Crippen molar-refractivity contribution in [1.82, 2.24) is 10.2 Å². The molecule has 0 aromatic heterocycles. The van der Waals surface area contributed by atoms with Crippen molar-refractivity contribution in [2.24, 2.45) is 5.73 Å². The van der Waals surface area contributed by atoms with Gasteiger partial charge in [0.15, 0.2) is 12.1 Å². The maximum absolute atomic E-state index is 14.8. The number of aliphatic hydroxyl groups excluding tert-OH is 2. The third kappa shape index (κ3) is 2.36. The Morgan fingerprint density at radius 2 is 2.33 bits per heavy atom. The Morgan fingerprint density at radius 1 is 1.71 bits per heavy atom. The third-order valence-electron chi connectivity index (χ3n) is 3.41. The van der Waals surface area contributed by atoms with E-state index in [9.17, 15) is 23.8 Å². The molecular formula is C12H15F2N3O4. The van der Waals surface area contributed by atoms with Gasteiger partial charge < -0.3 is 26.0 Å². The minimum Gasteiger partial charge on any atom is -0.391 e. The van der Waals surface area contributed by atoms with Gasteiger partial charge in [-0.05, 0) is 6.92 Å². The fourth-order valence-electron chi connectivity index (χ4n) is 2.23. The summed E-state index contributed by atoms with van der Waals surface area (Å²) in [5, 5.41) is 21.4. The summed E-state index contributed by atoms with van der Waals surface area (Å²) < 4.78 is 33.4. The van der Waals surface area contributed by atoms with Gasteiger partial charge in [-0.3, -0.25) is 4.90 Å². The third-order valence-corrected chi connectivity index (χ3v) is 3.41. The van der Waals surface area contributed by atoms with Crippen molar-refractivity contribution in [3.05, 3.63) is 12.0 Å². The van der Waals surface area contributed by atoms with Crippen LogP contribution in [-0.2, 0) is 4.74 Å². The number of halogens is 2. The van der Waals surface area contributed by atoms with Crippen molar-refractivity contribution in [3.63, 3.8) is 0 Å². The first kappa shape index (κ1) is 15.7. The molecule has 6 atom stereocenters. The smallest absolute Gasteiger partial charge is 0.325 e. The molecule has 9 heteroatoms. The van der Waals surface area contributed by atoms with Crippen LogP contribution in [0.15, 0.2) is 12.0 Å². The van der Waals surface area contributed by atoms with Crippen LogP contribution in [0.5, 0.6) is 0 Å². The van der Waals surface area contributed by atoms with E-state index >= 15 is 0 Å². The first-order valence-electron chi connectivity index (χ1n) is 6.12. The minimum atomic E-state index is -2.81. The Bertz CT molecular complexity index is 521. The number of nitrogens with one attached hydrogen (secondary N) is 1. The minimum absolute atomic E-state index is 0.532. The number of alkyl halides is 1. The predicted octanol–water partition coefficient (Wildman–Crippen LogP) is -1.08. The predicted molar refractivity (Wildman–Crippen MR) is 66.6 cm³/mol. The summed E-state index contributed by atoms with van der Waals surface area (Å²) >= 11 is 0. The Hall–Kier alpha value is -1.73. The molecule has 0 saturated carbocycles. The summed E-state index contributed by atoms with van der Waals surface area (Å²) in [6, 6.07) is -0.940. The van der Waals surface area contributed by atoms with Crippen molar-refractivity contribution in [3.8, 4) is 12.3 Å². The highest BCUT2D eigenvalue weighted by molar-refractivity contribution is 5.77. The zero-order chi connectivity index (χ0) is 15.9. The molecule has 2 heterocycles. The molecule has 21 heavy (non-hydrogen) atoms. The number of urea groups is 1. The largest absolute Gasteiger partial charge is 0.391 e. The van der Waals surface area contributed by atoms with Crippen LogP contribution in [0.1, 0.15) is 6.92 Å². The van der Waals surface area contributed by atoms with E-state index in [0.29, 0.717) is 11.1 Å². The van der Waals surface area contributed by atoms with Crippen LogP contribution < -0.4 is 11.1 Å². The first-order valence-corrected chi connectivity index (χ1v) is 6.12. The Balaban J connectivity index is 2.39. The maximum atomic E-state index is 14.8. The van der Waals surface area contributed by atoms with Gasteiger partial charge in [0.25, 0.3) is 0 Å². The number of carbonyl (C=O) groups is 1.